The first kappa shape index (κ1) is 50.1. The van der Waals surface area contributed by atoms with Gasteiger partial charge in [0, 0.05) is 37.7 Å². The molecule has 0 aromatic heterocycles. The Morgan fingerprint density at radius 1 is 0.735 bits per heavy atom. The monoisotopic (exact) mass is 944 g/mol. The summed E-state index contributed by atoms with van der Waals surface area (Å²) >= 11 is 0. The van der Waals surface area contributed by atoms with E-state index in [0.29, 0.717) is 17.7 Å². The van der Waals surface area contributed by atoms with Gasteiger partial charge in [0.2, 0.25) is 11.7 Å². The second-order valence-corrected chi connectivity index (χ2v) is 23.5. The maximum Gasteiger partial charge on any atom is 0.255 e. The Hall–Kier alpha value is -5.81. The zero-order chi connectivity index (χ0) is 48.8. The largest absolute Gasteiger partial charge is 0.510 e. The van der Waals surface area contributed by atoms with Crippen molar-refractivity contribution >= 4 is 57.9 Å². The number of carbonyl (C=O) groups is 4. The molecule has 4 aromatic carbocycles. The molecule has 68 heavy (non-hydrogen) atoms. The molecule has 7 rings (SSSR count). The topological polar surface area (TPSA) is 194 Å². The second kappa shape index (κ2) is 21.6. The molecule has 13 heteroatoms. The minimum Gasteiger partial charge on any atom is -0.510 e. The third kappa shape index (κ3) is 9.73. The predicted molar refractivity (Wildman–Crippen MR) is 273 cm³/mol. The maximum atomic E-state index is 14.4. The molecule has 4 aromatic rings. The van der Waals surface area contributed by atoms with Crippen molar-refractivity contribution in [3.63, 3.8) is 0 Å². The quantitative estimate of drug-likeness (QED) is 0.0211. The number of amides is 2. The molecule has 0 bridgehead atoms. The molecular formula is C55H69N4O8P. The number of rotatable bonds is 21. The number of likely N-dealkylation sites (N-methyl/N-ethyl adjacent to an activating group) is 1. The van der Waals surface area contributed by atoms with Crippen molar-refractivity contribution in [1.82, 2.24) is 4.90 Å². The van der Waals surface area contributed by atoms with Gasteiger partial charge in [-0.1, -0.05) is 0 Å². The minimum atomic E-state index is -2.73. The van der Waals surface area contributed by atoms with Gasteiger partial charge in [-0.25, -0.2) is 0 Å². The summed E-state index contributed by atoms with van der Waals surface area (Å²) in [5, 5.41) is 53.5. The Bertz CT molecular complexity index is 2450. The number of phenols is 1. The first-order valence-electron chi connectivity index (χ1n) is 24.3. The number of benzene rings is 4. The van der Waals surface area contributed by atoms with Crippen LogP contribution in [0.3, 0.4) is 0 Å². The number of aromatic hydroxyl groups is 1. The van der Waals surface area contributed by atoms with E-state index in [9.17, 15) is 39.6 Å². The van der Waals surface area contributed by atoms with Crippen LogP contribution in [0, 0.1) is 11.8 Å². The molecular weight excluding hydrogens is 876 g/mol. The number of unbranched alkanes of at least 4 members (excludes halogenated alkanes) is 10. The van der Waals surface area contributed by atoms with Crippen molar-refractivity contribution in [2.75, 3.05) is 44.6 Å². The molecule has 3 aliphatic carbocycles. The average molecular weight is 945 g/mol. The number of ketones is 2. The molecule has 3 aliphatic rings. The Morgan fingerprint density at radius 3 is 1.69 bits per heavy atom. The maximum absolute atomic E-state index is 14.4. The number of primary amides is 1. The molecule has 0 fully saturated rings. The molecule has 0 spiro atoms. The van der Waals surface area contributed by atoms with Crippen LogP contribution < -0.4 is 31.9 Å². The van der Waals surface area contributed by atoms with E-state index in [4.69, 9.17) is 5.73 Å². The molecule has 0 saturated heterocycles. The summed E-state index contributed by atoms with van der Waals surface area (Å²) in [6.45, 7) is 0. The smallest absolute Gasteiger partial charge is 0.255 e. The van der Waals surface area contributed by atoms with Gasteiger partial charge in [0.1, 0.15) is 17.1 Å². The molecule has 12 nitrogen and oxygen atoms in total. The van der Waals surface area contributed by atoms with Gasteiger partial charge >= 0.3 is 191 Å². The molecule has 362 valence electrons. The number of nitrogens with two attached hydrogens (primary N) is 1. The van der Waals surface area contributed by atoms with Gasteiger partial charge in [-0.15, -0.1) is 0 Å². The van der Waals surface area contributed by atoms with Crippen LogP contribution in [-0.2, 0) is 20.8 Å². The molecule has 0 radical (unpaired) electrons. The summed E-state index contributed by atoms with van der Waals surface area (Å²) in [6.07, 6.45) is 13.7. The van der Waals surface area contributed by atoms with Crippen molar-refractivity contribution in [2.24, 2.45) is 17.6 Å². The zero-order valence-corrected chi connectivity index (χ0v) is 41.0. The summed E-state index contributed by atoms with van der Waals surface area (Å²) in [4.78, 5) is 57.0. The van der Waals surface area contributed by atoms with Crippen molar-refractivity contribution in [3.8, 4) is 5.75 Å². The van der Waals surface area contributed by atoms with Gasteiger partial charge < -0.3 is 36.4 Å². The number of anilines is 2. The Kier molecular flexibility index (Phi) is 15.9. The first-order valence-corrected chi connectivity index (χ1v) is 26.5. The number of hydrogen-bond donors (Lipinski definition) is 6. The Morgan fingerprint density at radius 2 is 1.22 bits per heavy atom. The van der Waals surface area contributed by atoms with Gasteiger partial charge in [-0.3, -0.25) is 24.1 Å². The Balaban J connectivity index is 0.885. The van der Waals surface area contributed by atoms with Crippen LogP contribution in [0.5, 0.6) is 5.75 Å². The van der Waals surface area contributed by atoms with E-state index in [1.54, 1.807) is 39.2 Å². The molecule has 4 atom stereocenters. The number of nitrogens with zero attached hydrogens (tertiary/aromatic N) is 2. The van der Waals surface area contributed by atoms with Crippen LogP contribution in [-0.4, -0.2) is 94.7 Å². The third-order valence-electron chi connectivity index (χ3n) is 14.7. The Labute approximate surface area is 401 Å². The summed E-state index contributed by atoms with van der Waals surface area (Å²) in [5.74, 6) is -7.54. The number of hydrogen-bond acceptors (Lipinski definition) is 10. The first-order chi connectivity index (χ1) is 32.6. The molecule has 0 saturated carbocycles. The van der Waals surface area contributed by atoms with Gasteiger partial charge in [0.05, 0.1) is 17.3 Å². The SMILES string of the molecule is CN(C)c1cc(NC(=O)CCCCCCCCCCCCC[PH](c2ccccc2)(c2ccccc2)c2ccccc2)c(O)c2c1C[C@H]1C[C@H]3[C@H](N(C)C)C(O)=C(C(N)=O)C(=O)[C@@]3(O)C(O)=C1C2=O. The van der Waals surface area contributed by atoms with Crippen LogP contribution in [0.25, 0.3) is 0 Å². The minimum absolute atomic E-state index is 0.0127. The molecule has 0 heterocycles. The number of aliphatic hydroxyl groups excluding tert-OH is 2. The number of Topliss-reactive ketones (excluding diaryl/α,β-unsaturated/α-hetero) is 2. The van der Waals surface area contributed by atoms with Crippen molar-refractivity contribution in [2.45, 2.75) is 102 Å². The fraction of sp³-hybridized carbons (Fsp3) is 0.418. The third-order valence-corrected chi connectivity index (χ3v) is 19.8. The number of aliphatic hydroxyl groups is 3. The molecule has 0 unspecified atom stereocenters. The van der Waals surface area contributed by atoms with E-state index in [-0.39, 0.29) is 42.0 Å². The number of phenolic OH excluding ortho intramolecular Hbond substituents is 1. The average Bonchev–Trinajstić information content (AvgIpc) is 3.31. The van der Waals surface area contributed by atoms with Crippen LogP contribution in [0.1, 0.15) is 99.4 Å². The summed E-state index contributed by atoms with van der Waals surface area (Å²) in [5.41, 5.74) is 2.56. The second-order valence-electron chi connectivity index (χ2n) is 19.4. The van der Waals surface area contributed by atoms with Crippen LogP contribution in [0.15, 0.2) is 120 Å². The van der Waals surface area contributed by atoms with E-state index in [2.05, 4.69) is 96.3 Å². The molecule has 7 N–H and O–H groups in total. The van der Waals surface area contributed by atoms with Gasteiger partial charge in [-0.05, 0) is 44.5 Å². The normalized spacial score (nSPS) is 20.5. The van der Waals surface area contributed by atoms with Gasteiger partial charge in [0.25, 0.3) is 5.91 Å². The van der Waals surface area contributed by atoms with Gasteiger partial charge in [-0.2, -0.15) is 0 Å². The summed E-state index contributed by atoms with van der Waals surface area (Å²) in [6, 6.07) is 33.9. The van der Waals surface area contributed by atoms with Crippen LogP contribution in [0.4, 0.5) is 11.4 Å². The van der Waals surface area contributed by atoms with Crippen molar-refractivity contribution in [3.05, 3.63) is 131 Å². The summed E-state index contributed by atoms with van der Waals surface area (Å²) < 4.78 is 0. The zero-order valence-electron chi connectivity index (χ0n) is 40.0. The van der Waals surface area contributed by atoms with E-state index >= 15 is 0 Å². The van der Waals surface area contributed by atoms with E-state index in [1.165, 1.54) is 65.5 Å². The fourth-order valence-electron chi connectivity index (χ4n) is 11.4. The number of carbonyl (C=O) groups excluding carboxylic acids is 4. The fourth-order valence-corrected chi connectivity index (χ4v) is 16.3. The predicted octanol–water partition coefficient (Wildman–Crippen LogP) is 7.53. The van der Waals surface area contributed by atoms with E-state index < -0.39 is 71.1 Å². The number of allylic oxidation sites excluding steroid dienone is 1. The molecule has 2 amide bonds. The van der Waals surface area contributed by atoms with E-state index in [1.807, 2.05) is 0 Å². The van der Waals surface area contributed by atoms with Crippen LogP contribution in [0.2, 0.25) is 0 Å². The molecule has 0 aliphatic heterocycles. The van der Waals surface area contributed by atoms with E-state index in [0.717, 1.165) is 25.7 Å². The van der Waals surface area contributed by atoms with Crippen molar-refractivity contribution < 1.29 is 39.6 Å². The van der Waals surface area contributed by atoms with Gasteiger partial charge in [0.15, 0.2) is 17.1 Å². The summed E-state index contributed by atoms with van der Waals surface area (Å²) in [7, 11) is 4.55. The van der Waals surface area contributed by atoms with Crippen molar-refractivity contribution in [1.29, 1.82) is 0 Å². The number of fused-ring (bicyclic) bond motifs is 3. The van der Waals surface area contributed by atoms with Crippen LogP contribution >= 0.6 is 7.26 Å². The standard InChI is InChI=1S/C55H69N4O8P/c1-58(2)43-35-42(49(61)46-40(43)33-36-34-41-48(59(3)4)51(63)47(54(56)66)53(65)55(41,67)52(64)45(36)50(46)62)57-44(60)31-23-12-10-8-6-5-7-9-11-13-24-32-68(37-25-17-14-18-26-37,38-27-19-15-20-28-38)39-29-21-16-22-30-39/h14-22,25-30,35-36,41,48,61,63-64,67-68H,5-13,23-24,31-34H2,1-4H3,(H2,56,66)(H,57,60)/t36-,41-,48-,55-/m0/s1. The number of nitrogens with one attached hydrogen (secondary N) is 1.